The number of nitrogens with one attached hydrogen (secondary N) is 1. The van der Waals surface area contributed by atoms with Crippen LogP contribution in [0.4, 0.5) is 5.13 Å². The van der Waals surface area contributed by atoms with E-state index in [4.69, 9.17) is 0 Å². The van der Waals surface area contributed by atoms with E-state index in [9.17, 15) is 13.2 Å². The number of sulfonamides is 1. The topological polar surface area (TPSA) is 92.3 Å². The molecule has 4 rings (SSSR count). The third-order valence-electron chi connectivity index (χ3n) is 5.60. The summed E-state index contributed by atoms with van der Waals surface area (Å²) in [4.78, 5) is 13.3. The number of hydrogen-bond acceptors (Lipinski definition) is 6. The van der Waals surface area contributed by atoms with Gasteiger partial charge in [-0.3, -0.25) is 10.1 Å². The largest absolute Gasteiger partial charge is 0.299 e. The zero-order valence-electron chi connectivity index (χ0n) is 18.5. The molecule has 0 saturated carbocycles. The van der Waals surface area contributed by atoms with Crippen molar-refractivity contribution >= 4 is 32.4 Å². The van der Waals surface area contributed by atoms with Crippen LogP contribution in [-0.4, -0.2) is 41.4 Å². The van der Waals surface area contributed by atoms with Gasteiger partial charge < -0.3 is 0 Å². The summed E-state index contributed by atoms with van der Waals surface area (Å²) < 4.78 is 28.3. The van der Waals surface area contributed by atoms with Gasteiger partial charge in [0.2, 0.25) is 21.1 Å². The predicted molar refractivity (Wildman–Crippen MR) is 126 cm³/mol. The lowest BCUT2D eigenvalue weighted by Gasteiger charge is -2.25. The second-order valence-corrected chi connectivity index (χ2v) is 11.1. The number of nitrogens with zero attached hydrogens (tertiary/aromatic N) is 3. The Labute approximate surface area is 192 Å². The molecule has 1 aromatic heterocycles. The van der Waals surface area contributed by atoms with Crippen LogP contribution in [-0.2, 0) is 14.8 Å². The van der Waals surface area contributed by atoms with Crippen LogP contribution >= 0.6 is 11.3 Å². The molecule has 1 N–H and O–H groups in total. The van der Waals surface area contributed by atoms with Crippen molar-refractivity contribution in [3.8, 4) is 10.6 Å². The first-order valence-corrected chi connectivity index (χ1v) is 12.7. The highest BCUT2D eigenvalue weighted by Crippen LogP contribution is 2.32. The van der Waals surface area contributed by atoms with E-state index in [0.717, 1.165) is 16.7 Å². The number of hydrogen-bond donors (Lipinski definition) is 1. The third kappa shape index (κ3) is 4.32. The van der Waals surface area contributed by atoms with Crippen LogP contribution in [0.15, 0.2) is 41.3 Å². The molecule has 1 aliphatic rings. The molecule has 0 bridgehead atoms. The highest BCUT2D eigenvalue weighted by Gasteiger charge is 2.40. The maximum atomic E-state index is 13.5. The minimum absolute atomic E-state index is 0.292. The normalized spacial score (nSPS) is 16.9. The van der Waals surface area contributed by atoms with Gasteiger partial charge >= 0.3 is 0 Å². The van der Waals surface area contributed by atoms with Gasteiger partial charge in [0.15, 0.2) is 0 Å². The first-order chi connectivity index (χ1) is 15.2. The number of aryl methyl sites for hydroxylation is 4. The Kier molecular flexibility index (Phi) is 6.15. The summed E-state index contributed by atoms with van der Waals surface area (Å²) in [6.07, 6.45) is 1.10. The average Bonchev–Trinajstić information content (AvgIpc) is 3.37. The lowest BCUT2D eigenvalue weighted by Crippen LogP contribution is -2.43. The molecule has 168 valence electrons. The fraction of sp³-hybridized carbons (Fsp3) is 0.348. The van der Waals surface area contributed by atoms with Crippen molar-refractivity contribution in [2.45, 2.75) is 51.5 Å². The Morgan fingerprint density at radius 1 is 1.06 bits per heavy atom. The van der Waals surface area contributed by atoms with Gasteiger partial charge in [-0.15, -0.1) is 10.2 Å². The van der Waals surface area contributed by atoms with Gasteiger partial charge in [0.25, 0.3) is 0 Å². The Balaban J connectivity index is 1.56. The van der Waals surface area contributed by atoms with Crippen molar-refractivity contribution in [1.82, 2.24) is 14.5 Å². The second-order valence-electron chi connectivity index (χ2n) is 8.27. The van der Waals surface area contributed by atoms with Crippen LogP contribution < -0.4 is 5.32 Å². The molecule has 7 nitrogen and oxygen atoms in total. The summed E-state index contributed by atoms with van der Waals surface area (Å²) in [6, 6.07) is 10.8. The van der Waals surface area contributed by atoms with Gasteiger partial charge in [-0.2, -0.15) is 4.31 Å². The third-order valence-corrected chi connectivity index (χ3v) is 8.70. The molecule has 2 heterocycles. The van der Waals surface area contributed by atoms with E-state index in [2.05, 4.69) is 15.5 Å². The molecule has 1 amide bonds. The van der Waals surface area contributed by atoms with E-state index in [1.165, 1.54) is 15.6 Å². The highest BCUT2D eigenvalue weighted by molar-refractivity contribution is 7.89. The SMILES string of the molecule is Cc1cccc(-c2nnc(NC(=O)C3CCCN3S(=O)(=O)c3c(C)cc(C)cc3C)s2)c1. The molecule has 0 aliphatic carbocycles. The molecule has 0 radical (unpaired) electrons. The monoisotopic (exact) mass is 470 g/mol. The van der Waals surface area contributed by atoms with Crippen LogP contribution in [0.1, 0.15) is 35.1 Å². The summed E-state index contributed by atoms with van der Waals surface area (Å²) in [5, 5.41) is 12.1. The first-order valence-electron chi connectivity index (χ1n) is 10.5. The van der Waals surface area contributed by atoms with Gasteiger partial charge in [-0.05, 0) is 57.7 Å². The van der Waals surface area contributed by atoms with Crippen molar-refractivity contribution in [2.24, 2.45) is 0 Å². The second kappa shape index (κ2) is 8.73. The van der Waals surface area contributed by atoms with E-state index in [0.29, 0.717) is 45.5 Å². The van der Waals surface area contributed by atoms with E-state index < -0.39 is 16.1 Å². The van der Waals surface area contributed by atoms with Gasteiger partial charge in [-0.25, -0.2) is 8.42 Å². The van der Waals surface area contributed by atoms with Gasteiger partial charge in [0, 0.05) is 12.1 Å². The highest BCUT2D eigenvalue weighted by atomic mass is 32.2. The summed E-state index contributed by atoms with van der Waals surface area (Å²) in [7, 11) is -3.81. The van der Waals surface area contributed by atoms with Crippen LogP contribution in [0.2, 0.25) is 0 Å². The van der Waals surface area contributed by atoms with Crippen LogP contribution in [0, 0.1) is 27.7 Å². The number of amides is 1. The van der Waals surface area contributed by atoms with Crippen molar-refractivity contribution in [3.05, 3.63) is 58.7 Å². The van der Waals surface area contributed by atoms with Gasteiger partial charge in [-0.1, -0.05) is 52.8 Å². The molecule has 1 saturated heterocycles. The number of benzene rings is 2. The average molecular weight is 471 g/mol. The standard InChI is InChI=1S/C23H26N4O3S2/c1-14-7-5-8-18(13-14)22-25-26-23(31-22)24-21(28)19-9-6-10-27(19)32(29,30)20-16(3)11-15(2)12-17(20)4/h5,7-8,11-13,19H,6,9-10H2,1-4H3,(H,24,26,28). The van der Waals surface area contributed by atoms with Gasteiger partial charge in [0.05, 0.1) is 4.90 Å². The lowest BCUT2D eigenvalue weighted by molar-refractivity contribution is -0.119. The van der Waals surface area contributed by atoms with Crippen LogP contribution in [0.25, 0.3) is 10.6 Å². The Morgan fingerprint density at radius 2 is 1.78 bits per heavy atom. The number of carbonyl (C=O) groups excluding carboxylic acids is 1. The molecular weight excluding hydrogens is 444 g/mol. The lowest BCUT2D eigenvalue weighted by atomic mass is 10.1. The fourth-order valence-corrected chi connectivity index (χ4v) is 7.15. The van der Waals surface area contributed by atoms with Crippen molar-refractivity contribution in [3.63, 3.8) is 0 Å². The van der Waals surface area contributed by atoms with Gasteiger partial charge in [0.1, 0.15) is 11.0 Å². The maximum absolute atomic E-state index is 13.5. The zero-order valence-corrected chi connectivity index (χ0v) is 20.2. The molecule has 2 aromatic carbocycles. The number of anilines is 1. The minimum Gasteiger partial charge on any atom is -0.299 e. The quantitative estimate of drug-likeness (QED) is 0.602. The van der Waals surface area contributed by atoms with E-state index in [1.54, 1.807) is 13.8 Å². The molecule has 1 atom stereocenters. The molecule has 1 aliphatic heterocycles. The Morgan fingerprint density at radius 3 is 2.47 bits per heavy atom. The molecule has 3 aromatic rings. The number of carbonyl (C=O) groups is 1. The number of rotatable bonds is 5. The summed E-state index contributed by atoms with van der Waals surface area (Å²) in [6.45, 7) is 7.85. The molecule has 32 heavy (non-hydrogen) atoms. The summed E-state index contributed by atoms with van der Waals surface area (Å²) in [5.74, 6) is -0.375. The predicted octanol–water partition coefficient (Wildman–Crippen LogP) is 4.23. The van der Waals surface area contributed by atoms with Crippen LogP contribution in [0.3, 0.4) is 0 Å². The molecule has 1 fully saturated rings. The number of aromatic nitrogens is 2. The first kappa shape index (κ1) is 22.6. The summed E-state index contributed by atoms with van der Waals surface area (Å²) in [5.41, 5.74) is 4.44. The minimum atomic E-state index is -3.81. The van der Waals surface area contributed by atoms with E-state index in [-0.39, 0.29) is 5.91 Å². The van der Waals surface area contributed by atoms with Crippen molar-refractivity contribution < 1.29 is 13.2 Å². The Bertz CT molecular complexity index is 1260. The van der Waals surface area contributed by atoms with Crippen LogP contribution in [0.5, 0.6) is 0 Å². The zero-order chi connectivity index (χ0) is 23.0. The Hall–Kier alpha value is -2.62. The molecule has 0 spiro atoms. The summed E-state index contributed by atoms with van der Waals surface area (Å²) >= 11 is 1.27. The maximum Gasteiger partial charge on any atom is 0.244 e. The molecule has 9 heteroatoms. The van der Waals surface area contributed by atoms with Crippen molar-refractivity contribution in [2.75, 3.05) is 11.9 Å². The van der Waals surface area contributed by atoms with E-state index >= 15 is 0 Å². The van der Waals surface area contributed by atoms with Crippen molar-refractivity contribution in [1.29, 1.82) is 0 Å². The molecule has 1 unspecified atom stereocenters. The molecular formula is C23H26N4O3S2. The fourth-order valence-electron chi connectivity index (χ4n) is 4.34. The smallest absolute Gasteiger partial charge is 0.244 e. The van der Waals surface area contributed by atoms with E-state index in [1.807, 2.05) is 50.2 Å².